The summed E-state index contributed by atoms with van der Waals surface area (Å²) < 4.78 is 37.1. The Bertz CT molecular complexity index is 385. The summed E-state index contributed by atoms with van der Waals surface area (Å²) in [7, 11) is 1.78. The van der Waals surface area contributed by atoms with Crippen LogP contribution in [0.15, 0.2) is 4.99 Å². The van der Waals surface area contributed by atoms with E-state index in [0.717, 1.165) is 32.1 Å². The van der Waals surface area contributed by atoms with E-state index < -0.39 is 18.0 Å². The van der Waals surface area contributed by atoms with Crippen LogP contribution in [0.1, 0.15) is 64.7 Å². The third-order valence-electron chi connectivity index (χ3n) is 4.66. The number of hydrogen-bond donors (Lipinski definition) is 0. The van der Waals surface area contributed by atoms with Gasteiger partial charge >= 0.3 is 6.18 Å². The van der Waals surface area contributed by atoms with E-state index in [0.29, 0.717) is 12.8 Å². The number of alkyl halides is 3. The molecule has 1 aliphatic rings. The van der Waals surface area contributed by atoms with Gasteiger partial charge in [-0.15, -0.1) is 0 Å². The number of halogens is 3. The lowest BCUT2D eigenvalue weighted by Crippen LogP contribution is -2.33. The predicted molar refractivity (Wildman–Crippen MR) is 78.2 cm³/mol. The fourth-order valence-corrected chi connectivity index (χ4v) is 3.51. The van der Waals surface area contributed by atoms with E-state index in [1.54, 1.807) is 7.05 Å². The summed E-state index contributed by atoms with van der Waals surface area (Å²) in [5, 5.41) is 9.65. The van der Waals surface area contributed by atoms with Gasteiger partial charge < -0.3 is 0 Å². The smallest absolute Gasteiger partial charge is 0.297 e. The Hall–Kier alpha value is -1.05. The Balaban J connectivity index is 2.72. The fraction of sp³-hybridized carbons (Fsp3) is 0.875. The second kappa shape index (κ2) is 7.82. The highest BCUT2D eigenvalue weighted by atomic mass is 19.4. The molecule has 1 saturated carbocycles. The van der Waals surface area contributed by atoms with Crippen LogP contribution in [0.3, 0.4) is 0 Å². The van der Waals surface area contributed by atoms with Crippen LogP contribution >= 0.6 is 0 Å². The van der Waals surface area contributed by atoms with Crippen molar-refractivity contribution >= 4 is 5.71 Å². The van der Waals surface area contributed by atoms with Crippen molar-refractivity contribution in [3.8, 4) is 6.07 Å². The number of aliphatic imine (C=N–C) groups is 1. The molecule has 1 unspecified atom stereocenters. The SMILES string of the molecule is CCCC(C#N)(CCCC(F)(F)F)C1CCC(=NC)CC1. The van der Waals surface area contributed by atoms with Crippen molar-refractivity contribution in [1.82, 2.24) is 0 Å². The first-order valence-corrected chi connectivity index (χ1v) is 7.79. The van der Waals surface area contributed by atoms with Gasteiger partial charge in [0, 0.05) is 19.2 Å². The van der Waals surface area contributed by atoms with Gasteiger partial charge in [0.2, 0.25) is 0 Å². The summed E-state index contributed by atoms with van der Waals surface area (Å²) in [5.74, 6) is 0.209. The molecule has 1 atom stereocenters. The van der Waals surface area contributed by atoms with Crippen molar-refractivity contribution in [3.05, 3.63) is 0 Å². The number of nitriles is 1. The minimum Gasteiger partial charge on any atom is -0.297 e. The van der Waals surface area contributed by atoms with Crippen LogP contribution in [-0.4, -0.2) is 18.9 Å². The van der Waals surface area contributed by atoms with E-state index in [1.807, 2.05) is 6.92 Å². The lowest BCUT2D eigenvalue weighted by Gasteiger charge is -2.38. The first kappa shape index (κ1) is 18.0. The van der Waals surface area contributed by atoms with E-state index in [1.165, 1.54) is 5.71 Å². The molecule has 0 radical (unpaired) electrons. The molecule has 21 heavy (non-hydrogen) atoms. The quantitative estimate of drug-likeness (QED) is 0.656. The van der Waals surface area contributed by atoms with Crippen LogP contribution in [0.5, 0.6) is 0 Å². The minimum atomic E-state index is -4.12. The molecule has 0 aromatic heterocycles. The highest BCUT2D eigenvalue weighted by Gasteiger charge is 2.40. The third-order valence-corrected chi connectivity index (χ3v) is 4.66. The van der Waals surface area contributed by atoms with Crippen LogP contribution in [-0.2, 0) is 0 Å². The van der Waals surface area contributed by atoms with Crippen LogP contribution in [0.2, 0.25) is 0 Å². The molecule has 0 heterocycles. The Morgan fingerprint density at radius 1 is 1.19 bits per heavy atom. The van der Waals surface area contributed by atoms with E-state index >= 15 is 0 Å². The van der Waals surface area contributed by atoms with Gasteiger partial charge in [-0.3, -0.25) is 4.99 Å². The molecular formula is C16H25F3N2. The van der Waals surface area contributed by atoms with Gasteiger partial charge in [-0.1, -0.05) is 13.3 Å². The molecule has 1 aliphatic carbocycles. The van der Waals surface area contributed by atoms with Gasteiger partial charge in [-0.25, -0.2) is 0 Å². The van der Waals surface area contributed by atoms with Crippen molar-refractivity contribution in [3.63, 3.8) is 0 Å². The van der Waals surface area contributed by atoms with E-state index in [2.05, 4.69) is 11.1 Å². The second-order valence-corrected chi connectivity index (χ2v) is 6.05. The van der Waals surface area contributed by atoms with Crippen LogP contribution in [0.25, 0.3) is 0 Å². The number of rotatable bonds is 6. The van der Waals surface area contributed by atoms with E-state index in [9.17, 15) is 18.4 Å². The van der Waals surface area contributed by atoms with Gasteiger partial charge in [0.1, 0.15) is 0 Å². The molecule has 0 aromatic rings. The van der Waals surface area contributed by atoms with E-state index in [4.69, 9.17) is 0 Å². The Morgan fingerprint density at radius 3 is 2.24 bits per heavy atom. The van der Waals surface area contributed by atoms with Gasteiger partial charge in [-0.05, 0) is 50.9 Å². The molecule has 0 aliphatic heterocycles. The summed E-state index contributed by atoms with van der Waals surface area (Å²) in [6.07, 6.45) is 0.577. The van der Waals surface area contributed by atoms with Crippen LogP contribution in [0.4, 0.5) is 13.2 Å². The van der Waals surface area contributed by atoms with Crippen molar-refractivity contribution in [2.45, 2.75) is 70.9 Å². The maximum Gasteiger partial charge on any atom is 0.389 e. The molecule has 0 amide bonds. The number of hydrogen-bond acceptors (Lipinski definition) is 2. The van der Waals surface area contributed by atoms with Crippen LogP contribution in [0, 0.1) is 22.7 Å². The average Bonchev–Trinajstić information content (AvgIpc) is 2.45. The zero-order chi connectivity index (χ0) is 15.9. The topological polar surface area (TPSA) is 36.1 Å². The third kappa shape index (κ3) is 5.33. The molecule has 5 heteroatoms. The monoisotopic (exact) mass is 302 g/mol. The average molecular weight is 302 g/mol. The Kier molecular flexibility index (Phi) is 6.70. The first-order chi connectivity index (χ1) is 9.87. The zero-order valence-corrected chi connectivity index (χ0v) is 13.0. The maximum atomic E-state index is 12.4. The van der Waals surface area contributed by atoms with Crippen LogP contribution < -0.4 is 0 Å². The van der Waals surface area contributed by atoms with Gasteiger partial charge in [-0.2, -0.15) is 18.4 Å². The summed E-state index contributed by atoms with van der Waals surface area (Å²) in [4.78, 5) is 4.22. The lowest BCUT2D eigenvalue weighted by atomic mass is 9.64. The Morgan fingerprint density at radius 2 is 1.81 bits per heavy atom. The normalized spacial score (nSPS) is 22.5. The van der Waals surface area contributed by atoms with Gasteiger partial charge in [0.15, 0.2) is 0 Å². The zero-order valence-electron chi connectivity index (χ0n) is 13.0. The second-order valence-electron chi connectivity index (χ2n) is 6.05. The summed E-state index contributed by atoms with van der Waals surface area (Å²) >= 11 is 0. The Labute approximate surface area is 125 Å². The fourth-order valence-electron chi connectivity index (χ4n) is 3.51. The standard InChI is InChI=1S/C16H25F3N2/c1-3-9-15(12-20,10-4-11-16(17,18)19)13-5-7-14(21-2)8-6-13/h13H,3-11H2,1-2H3. The minimum absolute atomic E-state index is 0.0578. The van der Waals surface area contributed by atoms with Gasteiger partial charge in [0.25, 0.3) is 0 Å². The predicted octanol–water partition coefficient (Wildman–Crippen LogP) is 5.29. The summed E-state index contributed by atoms with van der Waals surface area (Å²) in [6.45, 7) is 2.00. The summed E-state index contributed by atoms with van der Waals surface area (Å²) in [5.41, 5.74) is 0.587. The molecule has 0 N–H and O–H groups in total. The lowest BCUT2D eigenvalue weighted by molar-refractivity contribution is -0.136. The first-order valence-electron chi connectivity index (χ1n) is 7.79. The van der Waals surface area contributed by atoms with Gasteiger partial charge in [0.05, 0.1) is 11.5 Å². The maximum absolute atomic E-state index is 12.4. The van der Waals surface area contributed by atoms with E-state index in [-0.39, 0.29) is 12.3 Å². The molecule has 1 fully saturated rings. The van der Waals surface area contributed by atoms with Crippen molar-refractivity contribution in [1.29, 1.82) is 5.26 Å². The highest BCUT2D eigenvalue weighted by molar-refractivity contribution is 5.85. The summed E-state index contributed by atoms with van der Waals surface area (Å²) in [6, 6.07) is 2.40. The molecule has 2 nitrogen and oxygen atoms in total. The molecule has 1 rings (SSSR count). The molecule has 0 aromatic carbocycles. The number of nitrogens with zero attached hydrogens (tertiary/aromatic N) is 2. The molecule has 120 valence electrons. The van der Waals surface area contributed by atoms with Crippen molar-refractivity contribution in [2.75, 3.05) is 7.05 Å². The molecule has 0 saturated heterocycles. The molecular weight excluding hydrogens is 277 g/mol. The highest BCUT2D eigenvalue weighted by Crippen LogP contribution is 2.45. The van der Waals surface area contributed by atoms with Crippen molar-refractivity contribution in [2.24, 2.45) is 16.3 Å². The molecule has 0 spiro atoms. The molecule has 0 bridgehead atoms. The van der Waals surface area contributed by atoms with Crippen molar-refractivity contribution < 1.29 is 13.2 Å². The largest absolute Gasteiger partial charge is 0.389 e.